The third-order valence-electron chi connectivity index (χ3n) is 4.96. The molecule has 0 atom stereocenters. The van der Waals surface area contributed by atoms with E-state index in [1.165, 1.54) is 0 Å². The highest BCUT2D eigenvalue weighted by Gasteiger charge is 2.27. The van der Waals surface area contributed by atoms with Gasteiger partial charge in [-0.15, -0.1) is 0 Å². The molecule has 1 aromatic heterocycles. The Bertz CT molecular complexity index is 1040. The van der Waals surface area contributed by atoms with Crippen LogP contribution in [0.15, 0.2) is 42.5 Å². The molecule has 4 rings (SSSR count). The zero-order valence-corrected chi connectivity index (χ0v) is 15.3. The second-order valence-corrected chi connectivity index (χ2v) is 7.05. The van der Waals surface area contributed by atoms with Crippen LogP contribution in [0, 0.1) is 17.0 Å². The Morgan fingerprint density at radius 2 is 2.04 bits per heavy atom. The molecule has 0 aliphatic carbocycles. The standard InChI is InChI=1S/C20H21N5O2/c1-13-6-7-18(19(10-13)25(26)27)24-17-8-9-23(2)12-16(17)20(22-24)14-4-3-5-15(21)11-14/h3-7,10-11H,8-9,12,21H2,1-2H3. The van der Waals surface area contributed by atoms with E-state index in [1.54, 1.807) is 16.8 Å². The van der Waals surface area contributed by atoms with Gasteiger partial charge < -0.3 is 10.6 Å². The van der Waals surface area contributed by atoms with Crippen molar-refractivity contribution in [1.82, 2.24) is 14.7 Å². The van der Waals surface area contributed by atoms with Gasteiger partial charge in [-0.1, -0.05) is 18.2 Å². The largest absolute Gasteiger partial charge is 0.399 e. The molecule has 0 spiro atoms. The molecule has 0 amide bonds. The van der Waals surface area contributed by atoms with Gasteiger partial charge >= 0.3 is 0 Å². The van der Waals surface area contributed by atoms with Gasteiger partial charge in [0.25, 0.3) is 5.69 Å². The average Bonchev–Trinajstić information content (AvgIpc) is 3.00. The van der Waals surface area contributed by atoms with Crippen LogP contribution in [0.5, 0.6) is 0 Å². The molecule has 0 saturated carbocycles. The van der Waals surface area contributed by atoms with E-state index in [1.807, 2.05) is 37.3 Å². The molecule has 7 nitrogen and oxygen atoms in total. The molecule has 0 fully saturated rings. The Kier molecular flexibility index (Phi) is 4.16. The molecule has 27 heavy (non-hydrogen) atoms. The maximum absolute atomic E-state index is 11.6. The number of nitrogens with two attached hydrogens (primary N) is 1. The minimum absolute atomic E-state index is 0.0679. The first-order valence-corrected chi connectivity index (χ1v) is 8.84. The van der Waals surface area contributed by atoms with E-state index in [2.05, 4.69) is 11.9 Å². The first-order chi connectivity index (χ1) is 12.9. The highest BCUT2D eigenvalue weighted by atomic mass is 16.6. The fraction of sp³-hybridized carbons (Fsp3) is 0.250. The number of hydrogen-bond donors (Lipinski definition) is 1. The summed E-state index contributed by atoms with van der Waals surface area (Å²) in [5, 5.41) is 16.4. The first kappa shape index (κ1) is 17.2. The molecule has 7 heteroatoms. The van der Waals surface area contributed by atoms with Crippen molar-refractivity contribution in [2.24, 2.45) is 0 Å². The van der Waals surface area contributed by atoms with Crippen molar-refractivity contribution < 1.29 is 4.92 Å². The number of likely N-dealkylation sites (N-methyl/N-ethyl adjacent to an activating group) is 1. The molecule has 0 radical (unpaired) electrons. The molecular weight excluding hydrogens is 342 g/mol. The molecular formula is C20H21N5O2. The van der Waals surface area contributed by atoms with Gasteiger partial charge in [0.1, 0.15) is 5.69 Å². The molecule has 1 aliphatic heterocycles. The Labute approximate surface area is 157 Å². The second kappa shape index (κ2) is 6.51. The van der Waals surface area contributed by atoms with Crippen LogP contribution in [-0.2, 0) is 13.0 Å². The first-order valence-electron chi connectivity index (χ1n) is 8.84. The minimum Gasteiger partial charge on any atom is -0.399 e. The van der Waals surface area contributed by atoms with Crippen molar-refractivity contribution in [2.45, 2.75) is 19.9 Å². The van der Waals surface area contributed by atoms with Crippen LogP contribution in [0.4, 0.5) is 11.4 Å². The number of rotatable bonds is 3. The topological polar surface area (TPSA) is 90.2 Å². The highest BCUT2D eigenvalue weighted by molar-refractivity contribution is 5.69. The van der Waals surface area contributed by atoms with Gasteiger partial charge in [-0.25, -0.2) is 4.68 Å². The Morgan fingerprint density at radius 1 is 1.22 bits per heavy atom. The number of aromatic nitrogens is 2. The van der Waals surface area contributed by atoms with Crippen molar-refractivity contribution in [3.63, 3.8) is 0 Å². The fourth-order valence-electron chi connectivity index (χ4n) is 3.63. The van der Waals surface area contributed by atoms with E-state index in [-0.39, 0.29) is 10.6 Å². The predicted molar refractivity (Wildman–Crippen MR) is 105 cm³/mol. The number of aryl methyl sites for hydroxylation is 1. The van der Waals surface area contributed by atoms with E-state index in [4.69, 9.17) is 10.8 Å². The average molecular weight is 363 g/mol. The van der Waals surface area contributed by atoms with Gasteiger partial charge in [0.15, 0.2) is 0 Å². The molecule has 2 heterocycles. The van der Waals surface area contributed by atoms with Gasteiger partial charge in [-0.05, 0) is 37.7 Å². The minimum atomic E-state index is -0.342. The molecule has 0 saturated heterocycles. The number of benzene rings is 2. The van der Waals surface area contributed by atoms with E-state index in [9.17, 15) is 10.1 Å². The number of anilines is 1. The Balaban J connectivity index is 1.96. The summed E-state index contributed by atoms with van der Waals surface area (Å²) < 4.78 is 1.75. The summed E-state index contributed by atoms with van der Waals surface area (Å²) >= 11 is 0. The SMILES string of the molecule is Cc1ccc(-n2nc(-c3cccc(N)c3)c3c2CCN(C)C3)c([N+](=O)[O-])c1. The number of nitrogens with zero attached hydrogens (tertiary/aromatic N) is 4. The van der Waals surface area contributed by atoms with E-state index in [0.29, 0.717) is 11.4 Å². The van der Waals surface area contributed by atoms with Crippen molar-refractivity contribution in [1.29, 1.82) is 0 Å². The van der Waals surface area contributed by atoms with Crippen LogP contribution in [0.3, 0.4) is 0 Å². The lowest BCUT2D eigenvalue weighted by Crippen LogP contribution is -2.27. The third kappa shape index (κ3) is 3.06. The van der Waals surface area contributed by atoms with Crippen LogP contribution in [0.2, 0.25) is 0 Å². The van der Waals surface area contributed by atoms with Crippen LogP contribution >= 0.6 is 0 Å². The summed E-state index contributed by atoms with van der Waals surface area (Å²) in [7, 11) is 2.07. The summed E-state index contributed by atoms with van der Waals surface area (Å²) in [4.78, 5) is 13.5. The van der Waals surface area contributed by atoms with Crippen molar-refractivity contribution in [3.05, 3.63) is 69.4 Å². The van der Waals surface area contributed by atoms with Gasteiger partial charge in [0.05, 0.1) is 16.3 Å². The zero-order chi connectivity index (χ0) is 19.1. The monoisotopic (exact) mass is 363 g/mol. The second-order valence-electron chi connectivity index (χ2n) is 7.05. The van der Waals surface area contributed by atoms with Gasteiger partial charge in [-0.2, -0.15) is 5.10 Å². The maximum atomic E-state index is 11.6. The van der Waals surface area contributed by atoms with Crippen LogP contribution in [0.1, 0.15) is 16.8 Å². The van der Waals surface area contributed by atoms with E-state index >= 15 is 0 Å². The quantitative estimate of drug-likeness (QED) is 0.438. The summed E-state index contributed by atoms with van der Waals surface area (Å²) in [5.41, 5.74) is 11.9. The van der Waals surface area contributed by atoms with Gasteiger partial charge in [0, 0.05) is 42.4 Å². The van der Waals surface area contributed by atoms with Crippen molar-refractivity contribution in [2.75, 3.05) is 19.3 Å². The van der Waals surface area contributed by atoms with Crippen LogP contribution in [0.25, 0.3) is 16.9 Å². The zero-order valence-electron chi connectivity index (χ0n) is 15.3. The molecule has 138 valence electrons. The number of nitro groups is 1. The molecule has 2 aromatic carbocycles. The van der Waals surface area contributed by atoms with Gasteiger partial charge in [-0.3, -0.25) is 10.1 Å². The number of hydrogen-bond acceptors (Lipinski definition) is 5. The lowest BCUT2D eigenvalue weighted by atomic mass is 10.0. The number of fused-ring (bicyclic) bond motifs is 1. The van der Waals surface area contributed by atoms with Crippen molar-refractivity contribution >= 4 is 11.4 Å². The number of nitrogen functional groups attached to an aromatic ring is 1. The molecule has 2 N–H and O–H groups in total. The number of nitro benzene ring substituents is 1. The lowest BCUT2D eigenvalue weighted by molar-refractivity contribution is -0.384. The predicted octanol–water partition coefficient (Wildman–Crippen LogP) is 3.33. The van der Waals surface area contributed by atoms with Crippen LogP contribution < -0.4 is 5.73 Å². The lowest BCUT2D eigenvalue weighted by Gasteiger charge is -2.23. The summed E-state index contributed by atoms with van der Waals surface area (Å²) in [6, 6.07) is 12.9. The Morgan fingerprint density at radius 3 is 2.78 bits per heavy atom. The molecule has 3 aromatic rings. The summed E-state index contributed by atoms with van der Waals surface area (Å²) in [6.45, 7) is 3.48. The van der Waals surface area contributed by atoms with Gasteiger partial charge in [0.2, 0.25) is 0 Å². The van der Waals surface area contributed by atoms with Crippen molar-refractivity contribution in [3.8, 4) is 16.9 Å². The van der Waals surface area contributed by atoms with Crippen LogP contribution in [-0.4, -0.2) is 33.2 Å². The smallest absolute Gasteiger partial charge is 0.295 e. The fourth-order valence-corrected chi connectivity index (χ4v) is 3.63. The Hall–Kier alpha value is -3.19. The third-order valence-corrected chi connectivity index (χ3v) is 4.96. The molecule has 0 bridgehead atoms. The highest BCUT2D eigenvalue weighted by Crippen LogP contribution is 2.34. The normalized spacial score (nSPS) is 14.1. The molecule has 0 unspecified atom stereocenters. The van der Waals surface area contributed by atoms with E-state index in [0.717, 1.165) is 47.6 Å². The summed E-state index contributed by atoms with van der Waals surface area (Å²) in [5.74, 6) is 0. The maximum Gasteiger partial charge on any atom is 0.295 e. The summed E-state index contributed by atoms with van der Waals surface area (Å²) in [6.07, 6.45) is 0.784. The van der Waals surface area contributed by atoms with E-state index < -0.39 is 0 Å². The molecule has 1 aliphatic rings.